The highest BCUT2D eigenvalue weighted by atomic mass is 16.6. The molecule has 0 fully saturated rings. The Hall–Kier alpha value is -1.55. The molecule has 4 heteroatoms. The molecule has 1 rings (SSSR count). The van der Waals surface area contributed by atoms with Gasteiger partial charge in [-0.1, -0.05) is 25.5 Å². The van der Waals surface area contributed by atoms with Crippen LogP contribution in [0.25, 0.3) is 0 Å². The number of hydrogen-bond acceptors (Lipinski definition) is 4. The second kappa shape index (κ2) is 8.59. The van der Waals surface area contributed by atoms with Crippen molar-refractivity contribution >= 4 is 5.97 Å². The number of unbranched alkanes of at least 4 members (excludes halogenated alkanes) is 1. The zero-order valence-electron chi connectivity index (χ0n) is 12.9. The first kappa shape index (κ1) is 16.5. The number of aryl methyl sites for hydroxylation is 1. The highest BCUT2D eigenvalue weighted by molar-refractivity contribution is 5.71. The minimum absolute atomic E-state index is 0.0362. The highest BCUT2D eigenvalue weighted by Crippen LogP contribution is 2.22. The smallest absolute Gasteiger partial charge is 0.344 e. The van der Waals surface area contributed by atoms with Gasteiger partial charge in [-0.15, -0.1) is 0 Å². The van der Waals surface area contributed by atoms with Gasteiger partial charge in [0.1, 0.15) is 5.75 Å². The SMILES string of the molecule is CCCCOC(=O)COc1ccc(C(C)NC)cc1C. The van der Waals surface area contributed by atoms with Gasteiger partial charge in [-0.3, -0.25) is 0 Å². The highest BCUT2D eigenvalue weighted by Gasteiger charge is 2.08. The number of benzene rings is 1. The van der Waals surface area contributed by atoms with E-state index in [2.05, 4.69) is 25.2 Å². The third-order valence-corrected chi connectivity index (χ3v) is 3.24. The van der Waals surface area contributed by atoms with Crippen LogP contribution in [0, 0.1) is 6.92 Å². The zero-order valence-corrected chi connectivity index (χ0v) is 12.9. The number of carbonyl (C=O) groups is 1. The zero-order chi connectivity index (χ0) is 15.0. The van der Waals surface area contributed by atoms with E-state index in [4.69, 9.17) is 9.47 Å². The van der Waals surface area contributed by atoms with Crippen molar-refractivity contribution in [3.05, 3.63) is 29.3 Å². The van der Waals surface area contributed by atoms with Crippen molar-refractivity contribution in [1.29, 1.82) is 0 Å². The summed E-state index contributed by atoms with van der Waals surface area (Å²) in [5, 5.41) is 3.19. The van der Waals surface area contributed by atoms with E-state index < -0.39 is 0 Å². The molecule has 20 heavy (non-hydrogen) atoms. The summed E-state index contributed by atoms with van der Waals surface area (Å²) in [6.07, 6.45) is 1.90. The van der Waals surface area contributed by atoms with Gasteiger partial charge in [0.05, 0.1) is 6.61 Å². The molecule has 0 aliphatic carbocycles. The molecule has 0 aliphatic rings. The van der Waals surface area contributed by atoms with Crippen LogP contribution < -0.4 is 10.1 Å². The summed E-state index contributed by atoms with van der Waals surface area (Å²) < 4.78 is 10.6. The van der Waals surface area contributed by atoms with Crippen LogP contribution in [-0.2, 0) is 9.53 Å². The molecular weight excluding hydrogens is 254 g/mol. The van der Waals surface area contributed by atoms with Gasteiger partial charge >= 0.3 is 5.97 Å². The molecule has 4 nitrogen and oxygen atoms in total. The Morgan fingerprint density at radius 1 is 1.40 bits per heavy atom. The van der Waals surface area contributed by atoms with Crippen LogP contribution in [0.5, 0.6) is 5.75 Å². The van der Waals surface area contributed by atoms with E-state index in [1.807, 2.05) is 26.1 Å². The fraction of sp³-hybridized carbons (Fsp3) is 0.562. The summed E-state index contributed by atoms with van der Waals surface area (Å²) in [4.78, 5) is 11.5. The topological polar surface area (TPSA) is 47.6 Å². The Kier molecular flexibility index (Phi) is 7.09. The maximum atomic E-state index is 11.5. The molecule has 0 aromatic heterocycles. The van der Waals surface area contributed by atoms with E-state index in [0.717, 1.165) is 24.2 Å². The van der Waals surface area contributed by atoms with Gasteiger partial charge in [0.2, 0.25) is 0 Å². The second-order valence-electron chi connectivity index (χ2n) is 4.90. The first-order valence-corrected chi connectivity index (χ1v) is 7.14. The summed E-state index contributed by atoms with van der Waals surface area (Å²) in [6, 6.07) is 6.27. The van der Waals surface area contributed by atoms with Crippen LogP contribution in [0.3, 0.4) is 0 Å². The summed E-state index contributed by atoms with van der Waals surface area (Å²) in [7, 11) is 1.93. The summed E-state index contributed by atoms with van der Waals surface area (Å²) in [5.41, 5.74) is 2.22. The first-order chi connectivity index (χ1) is 9.58. The lowest BCUT2D eigenvalue weighted by Gasteiger charge is -2.14. The number of carbonyl (C=O) groups excluding carboxylic acids is 1. The number of hydrogen-bond donors (Lipinski definition) is 1. The van der Waals surface area contributed by atoms with Crippen molar-refractivity contribution in [3.63, 3.8) is 0 Å². The van der Waals surface area contributed by atoms with Crippen LogP contribution in [0.15, 0.2) is 18.2 Å². The maximum Gasteiger partial charge on any atom is 0.344 e. The molecule has 1 aromatic carbocycles. The normalized spacial score (nSPS) is 12.0. The van der Waals surface area contributed by atoms with Gasteiger partial charge in [-0.25, -0.2) is 4.79 Å². The molecule has 1 N–H and O–H groups in total. The van der Waals surface area contributed by atoms with Gasteiger partial charge in [0, 0.05) is 6.04 Å². The van der Waals surface area contributed by atoms with E-state index >= 15 is 0 Å². The molecule has 1 atom stereocenters. The monoisotopic (exact) mass is 279 g/mol. The molecule has 1 unspecified atom stereocenters. The average Bonchev–Trinajstić information content (AvgIpc) is 2.45. The van der Waals surface area contributed by atoms with Crippen molar-refractivity contribution in [2.45, 2.75) is 39.7 Å². The van der Waals surface area contributed by atoms with Crippen LogP contribution in [0.4, 0.5) is 0 Å². The fourth-order valence-electron chi connectivity index (χ4n) is 1.78. The molecule has 0 saturated carbocycles. The number of nitrogens with one attached hydrogen (secondary N) is 1. The Morgan fingerprint density at radius 3 is 2.75 bits per heavy atom. The lowest BCUT2D eigenvalue weighted by Crippen LogP contribution is -2.16. The van der Waals surface area contributed by atoms with Crippen molar-refractivity contribution in [2.24, 2.45) is 0 Å². The Morgan fingerprint density at radius 2 is 2.15 bits per heavy atom. The Labute approximate surface area is 121 Å². The van der Waals surface area contributed by atoms with Crippen molar-refractivity contribution < 1.29 is 14.3 Å². The first-order valence-electron chi connectivity index (χ1n) is 7.14. The molecule has 0 bridgehead atoms. The van der Waals surface area contributed by atoms with E-state index in [9.17, 15) is 4.79 Å². The standard InChI is InChI=1S/C16H25NO3/c1-5-6-9-19-16(18)11-20-15-8-7-14(10-12(15)2)13(3)17-4/h7-8,10,13,17H,5-6,9,11H2,1-4H3. The maximum absolute atomic E-state index is 11.5. The van der Waals surface area contributed by atoms with Crippen LogP contribution in [-0.4, -0.2) is 26.2 Å². The third-order valence-electron chi connectivity index (χ3n) is 3.24. The number of ether oxygens (including phenoxy) is 2. The van der Waals surface area contributed by atoms with Crippen molar-refractivity contribution in [1.82, 2.24) is 5.32 Å². The van der Waals surface area contributed by atoms with Crippen LogP contribution in [0.2, 0.25) is 0 Å². The molecule has 0 heterocycles. The summed E-state index contributed by atoms with van der Waals surface area (Å²) in [5.74, 6) is 0.412. The third kappa shape index (κ3) is 5.21. The molecule has 0 amide bonds. The molecule has 0 radical (unpaired) electrons. The molecule has 0 spiro atoms. The summed E-state index contributed by atoms with van der Waals surface area (Å²) in [6.45, 7) is 6.56. The van der Waals surface area contributed by atoms with Gasteiger partial charge < -0.3 is 14.8 Å². The molecule has 1 aromatic rings. The predicted octanol–water partition coefficient (Wildman–Crippen LogP) is 3.00. The van der Waals surface area contributed by atoms with Crippen molar-refractivity contribution in [3.8, 4) is 5.75 Å². The number of esters is 1. The van der Waals surface area contributed by atoms with E-state index in [-0.39, 0.29) is 12.6 Å². The predicted molar refractivity (Wildman–Crippen MR) is 80.0 cm³/mol. The Balaban J connectivity index is 2.50. The average molecular weight is 279 g/mol. The van der Waals surface area contributed by atoms with Gasteiger partial charge in [0.15, 0.2) is 6.61 Å². The van der Waals surface area contributed by atoms with Gasteiger partial charge in [-0.2, -0.15) is 0 Å². The lowest BCUT2D eigenvalue weighted by atomic mass is 10.1. The molecule has 112 valence electrons. The minimum Gasteiger partial charge on any atom is -0.482 e. The van der Waals surface area contributed by atoms with Crippen LogP contribution in [0.1, 0.15) is 43.9 Å². The lowest BCUT2D eigenvalue weighted by molar-refractivity contribution is -0.146. The molecular formula is C16H25NO3. The van der Waals surface area contributed by atoms with Gasteiger partial charge in [0.25, 0.3) is 0 Å². The minimum atomic E-state index is -0.314. The van der Waals surface area contributed by atoms with Crippen LogP contribution >= 0.6 is 0 Å². The quantitative estimate of drug-likeness (QED) is 0.587. The Bertz CT molecular complexity index is 432. The van der Waals surface area contributed by atoms with Gasteiger partial charge in [-0.05, 0) is 44.5 Å². The largest absolute Gasteiger partial charge is 0.482 e. The molecule has 0 saturated heterocycles. The second-order valence-corrected chi connectivity index (χ2v) is 4.90. The fourth-order valence-corrected chi connectivity index (χ4v) is 1.78. The molecule has 0 aliphatic heterocycles. The van der Waals surface area contributed by atoms with Crippen molar-refractivity contribution in [2.75, 3.05) is 20.3 Å². The van der Waals surface area contributed by atoms with E-state index in [1.165, 1.54) is 5.56 Å². The summed E-state index contributed by atoms with van der Waals surface area (Å²) >= 11 is 0. The van der Waals surface area contributed by atoms with E-state index in [0.29, 0.717) is 12.6 Å². The number of rotatable bonds is 8. The van der Waals surface area contributed by atoms with E-state index in [1.54, 1.807) is 0 Å².